The fraction of sp³-hybridized carbons (Fsp3) is 0.231. The zero-order chi connectivity index (χ0) is 15.4. The van der Waals surface area contributed by atoms with Crippen LogP contribution in [0.5, 0.6) is 0 Å². The highest BCUT2D eigenvalue weighted by molar-refractivity contribution is 5.93. The van der Waals surface area contributed by atoms with Crippen molar-refractivity contribution in [2.24, 2.45) is 7.05 Å². The number of nitro groups is 1. The number of aromatic carboxylic acids is 1. The van der Waals surface area contributed by atoms with Crippen molar-refractivity contribution in [3.8, 4) is 0 Å². The first kappa shape index (κ1) is 14.5. The molecule has 0 saturated heterocycles. The van der Waals surface area contributed by atoms with Crippen LogP contribution in [0.2, 0.25) is 0 Å². The third kappa shape index (κ3) is 3.56. The third-order valence-electron chi connectivity index (χ3n) is 2.90. The van der Waals surface area contributed by atoms with E-state index in [4.69, 9.17) is 5.11 Å². The zero-order valence-electron chi connectivity index (χ0n) is 11.3. The van der Waals surface area contributed by atoms with E-state index in [0.29, 0.717) is 18.7 Å². The highest BCUT2D eigenvalue weighted by Gasteiger charge is 2.19. The number of nitrogens with zero attached hydrogens (tertiary/aromatic N) is 3. The average molecular weight is 290 g/mol. The van der Waals surface area contributed by atoms with E-state index < -0.39 is 16.6 Å². The number of carboxylic acids is 1. The topological polar surface area (TPSA) is 110 Å². The number of aromatic nitrogens is 2. The number of carboxylic acid groups (broad SMARTS) is 1. The van der Waals surface area contributed by atoms with Gasteiger partial charge in [0.05, 0.1) is 10.6 Å². The summed E-state index contributed by atoms with van der Waals surface area (Å²) < 4.78 is 1.70. The van der Waals surface area contributed by atoms with Gasteiger partial charge in [0.15, 0.2) is 0 Å². The maximum Gasteiger partial charge on any atom is 0.342 e. The van der Waals surface area contributed by atoms with E-state index in [9.17, 15) is 14.9 Å². The molecular formula is C13H14N4O4. The van der Waals surface area contributed by atoms with Crippen molar-refractivity contribution in [3.05, 3.63) is 51.8 Å². The lowest BCUT2D eigenvalue weighted by Crippen LogP contribution is -2.08. The van der Waals surface area contributed by atoms with E-state index in [2.05, 4.69) is 10.4 Å². The molecule has 1 aromatic heterocycles. The molecule has 21 heavy (non-hydrogen) atoms. The van der Waals surface area contributed by atoms with Gasteiger partial charge in [0.2, 0.25) is 0 Å². The van der Waals surface area contributed by atoms with E-state index in [-0.39, 0.29) is 5.56 Å². The van der Waals surface area contributed by atoms with Gasteiger partial charge in [-0.3, -0.25) is 14.8 Å². The fourth-order valence-corrected chi connectivity index (χ4v) is 1.90. The summed E-state index contributed by atoms with van der Waals surface area (Å²) in [5.41, 5.74) is 0.657. The first-order chi connectivity index (χ1) is 9.97. The SMILES string of the molecule is Cn1ccc(CCNc2ccc(C(=O)O)c([N+](=O)[O-])c2)n1. The molecule has 8 heteroatoms. The Morgan fingerprint density at radius 3 is 2.81 bits per heavy atom. The summed E-state index contributed by atoms with van der Waals surface area (Å²) in [6.07, 6.45) is 2.50. The largest absolute Gasteiger partial charge is 0.477 e. The van der Waals surface area contributed by atoms with Crippen LogP contribution in [0.1, 0.15) is 16.1 Å². The number of benzene rings is 1. The Bertz CT molecular complexity index is 681. The second-order valence-corrected chi connectivity index (χ2v) is 4.45. The van der Waals surface area contributed by atoms with Crippen LogP contribution < -0.4 is 5.32 Å². The maximum atomic E-state index is 10.9. The Balaban J connectivity index is 2.05. The van der Waals surface area contributed by atoms with Gasteiger partial charge in [-0.15, -0.1) is 0 Å². The molecule has 0 amide bonds. The fourth-order valence-electron chi connectivity index (χ4n) is 1.90. The summed E-state index contributed by atoms with van der Waals surface area (Å²) in [6.45, 7) is 0.542. The molecule has 0 aliphatic heterocycles. The number of rotatable bonds is 6. The minimum atomic E-state index is -1.32. The average Bonchev–Trinajstić information content (AvgIpc) is 2.84. The molecular weight excluding hydrogens is 276 g/mol. The second-order valence-electron chi connectivity index (χ2n) is 4.45. The van der Waals surface area contributed by atoms with Gasteiger partial charge >= 0.3 is 5.97 Å². The van der Waals surface area contributed by atoms with Gasteiger partial charge in [0.1, 0.15) is 5.56 Å². The summed E-state index contributed by atoms with van der Waals surface area (Å²) in [5.74, 6) is -1.32. The van der Waals surface area contributed by atoms with Gasteiger partial charge in [0.25, 0.3) is 5.69 Å². The minimum Gasteiger partial charge on any atom is -0.477 e. The molecule has 0 spiro atoms. The van der Waals surface area contributed by atoms with Crippen molar-refractivity contribution >= 4 is 17.3 Å². The summed E-state index contributed by atoms with van der Waals surface area (Å²) >= 11 is 0. The van der Waals surface area contributed by atoms with Gasteiger partial charge in [-0.25, -0.2) is 4.79 Å². The Kier molecular flexibility index (Phi) is 4.17. The predicted molar refractivity (Wildman–Crippen MR) is 75.5 cm³/mol. The van der Waals surface area contributed by atoms with Gasteiger partial charge in [-0.05, 0) is 18.2 Å². The Hall–Kier alpha value is -2.90. The second kappa shape index (κ2) is 6.04. The summed E-state index contributed by atoms with van der Waals surface area (Å²) in [6, 6.07) is 5.85. The Labute approximate surface area is 120 Å². The molecule has 1 aromatic carbocycles. The van der Waals surface area contributed by atoms with Crippen LogP contribution in [-0.2, 0) is 13.5 Å². The maximum absolute atomic E-state index is 10.9. The monoisotopic (exact) mass is 290 g/mol. The lowest BCUT2D eigenvalue weighted by atomic mass is 10.1. The van der Waals surface area contributed by atoms with Gasteiger partial charge in [-0.1, -0.05) is 0 Å². The van der Waals surface area contributed by atoms with Crippen LogP contribution in [0.15, 0.2) is 30.5 Å². The lowest BCUT2D eigenvalue weighted by Gasteiger charge is -2.06. The summed E-state index contributed by atoms with van der Waals surface area (Å²) in [5, 5.41) is 27.0. The summed E-state index contributed by atoms with van der Waals surface area (Å²) in [4.78, 5) is 21.1. The van der Waals surface area contributed by atoms with Crippen molar-refractivity contribution < 1.29 is 14.8 Å². The molecule has 110 valence electrons. The van der Waals surface area contributed by atoms with Crippen molar-refractivity contribution in [1.82, 2.24) is 9.78 Å². The predicted octanol–water partition coefficient (Wildman–Crippen LogP) is 1.68. The molecule has 2 rings (SSSR count). The summed E-state index contributed by atoms with van der Waals surface area (Å²) in [7, 11) is 1.82. The Morgan fingerprint density at radius 2 is 2.24 bits per heavy atom. The van der Waals surface area contributed by atoms with Crippen molar-refractivity contribution in [3.63, 3.8) is 0 Å². The number of nitro benzene ring substituents is 1. The van der Waals surface area contributed by atoms with Crippen LogP contribution in [0, 0.1) is 10.1 Å². The first-order valence-electron chi connectivity index (χ1n) is 6.21. The van der Waals surface area contributed by atoms with Crippen LogP contribution in [0.4, 0.5) is 11.4 Å². The van der Waals surface area contributed by atoms with Crippen molar-refractivity contribution in [2.45, 2.75) is 6.42 Å². The van der Waals surface area contributed by atoms with E-state index in [0.717, 1.165) is 5.69 Å². The van der Waals surface area contributed by atoms with E-state index in [1.807, 2.05) is 19.3 Å². The Morgan fingerprint density at radius 1 is 1.48 bits per heavy atom. The van der Waals surface area contributed by atoms with Gasteiger partial charge < -0.3 is 10.4 Å². The molecule has 0 atom stereocenters. The highest BCUT2D eigenvalue weighted by atomic mass is 16.6. The molecule has 0 bridgehead atoms. The highest BCUT2D eigenvalue weighted by Crippen LogP contribution is 2.23. The zero-order valence-corrected chi connectivity index (χ0v) is 11.3. The quantitative estimate of drug-likeness (QED) is 0.618. The number of hydrogen-bond donors (Lipinski definition) is 2. The molecule has 0 fully saturated rings. The van der Waals surface area contributed by atoms with Crippen LogP contribution in [0.25, 0.3) is 0 Å². The van der Waals surface area contributed by atoms with E-state index in [1.165, 1.54) is 18.2 Å². The molecule has 8 nitrogen and oxygen atoms in total. The molecule has 0 aliphatic rings. The number of carbonyl (C=O) groups is 1. The smallest absolute Gasteiger partial charge is 0.342 e. The molecule has 2 aromatic rings. The third-order valence-corrected chi connectivity index (χ3v) is 2.90. The number of hydrogen-bond acceptors (Lipinski definition) is 5. The van der Waals surface area contributed by atoms with Crippen molar-refractivity contribution in [2.75, 3.05) is 11.9 Å². The molecule has 0 aliphatic carbocycles. The van der Waals surface area contributed by atoms with Crippen LogP contribution >= 0.6 is 0 Å². The molecule has 1 heterocycles. The number of aryl methyl sites for hydroxylation is 1. The minimum absolute atomic E-state index is 0.324. The first-order valence-corrected chi connectivity index (χ1v) is 6.21. The molecule has 2 N–H and O–H groups in total. The van der Waals surface area contributed by atoms with Crippen LogP contribution in [-0.4, -0.2) is 32.3 Å². The van der Waals surface area contributed by atoms with E-state index in [1.54, 1.807) is 4.68 Å². The standard InChI is InChI=1S/C13H14N4O4/c1-16-7-5-9(15-16)4-6-14-10-2-3-11(13(18)19)12(8-10)17(20)21/h2-3,5,7-8,14H,4,6H2,1H3,(H,18,19). The van der Waals surface area contributed by atoms with Crippen molar-refractivity contribution in [1.29, 1.82) is 0 Å². The number of anilines is 1. The molecule has 0 saturated carbocycles. The normalized spacial score (nSPS) is 10.3. The van der Waals surface area contributed by atoms with Gasteiger partial charge in [0, 0.05) is 38.0 Å². The van der Waals surface area contributed by atoms with E-state index >= 15 is 0 Å². The van der Waals surface area contributed by atoms with Crippen LogP contribution in [0.3, 0.4) is 0 Å². The molecule has 0 radical (unpaired) electrons. The van der Waals surface area contributed by atoms with Gasteiger partial charge in [-0.2, -0.15) is 5.10 Å². The molecule has 0 unspecified atom stereocenters. The lowest BCUT2D eigenvalue weighted by molar-refractivity contribution is -0.385. The number of nitrogens with one attached hydrogen (secondary N) is 1.